The van der Waals surface area contributed by atoms with E-state index in [9.17, 15) is 9.59 Å². The molecule has 2 aliphatic heterocycles. The monoisotopic (exact) mass is 304 g/mol. The van der Waals surface area contributed by atoms with Crippen LogP contribution in [0.3, 0.4) is 0 Å². The van der Waals surface area contributed by atoms with Gasteiger partial charge in [0.2, 0.25) is 5.91 Å². The SMILES string of the molecule is CNC(=O)C1CNNC1C1CCCN1C(=O)c1cnccn1. The van der Waals surface area contributed by atoms with Crippen LogP contribution in [0.25, 0.3) is 0 Å². The minimum absolute atomic E-state index is 0.0127. The molecule has 0 bridgehead atoms. The van der Waals surface area contributed by atoms with Crippen LogP contribution < -0.4 is 16.2 Å². The number of hydrogen-bond acceptors (Lipinski definition) is 6. The highest BCUT2D eigenvalue weighted by Crippen LogP contribution is 2.27. The van der Waals surface area contributed by atoms with E-state index in [0.717, 1.165) is 12.8 Å². The van der Waals surface area contributed by atoms with Crippen molar-refractivity contribution in [3.8, 4) is 0 Å². The lowest BCUT2D eigenvalue weighted by Crippen LogP contribution is -2.52. The molecule has 2 amide bonds. The van der Waals surface area contributed by atoms with Crippen LogP contribution in [-0.2, 0) is 4.79 Å². The Labute approximate surface area is 128 Å². The van der Waals surface area contributed by atoms with Crippen LogP contribution in [0.4, 0.5) is 0 Å². The molecule has 2 saturated heterocycles. The fourth-order valence-corrected chi connectivity index (χ4v) is 3.29. The van der Waals surface area contributed by atoms with Crippen molar-refractivity contribution in [2.45, 2.75) is 24.9 Å². The number of rotatable bonds is 3. The lowest BCUT2D eigenvalue weighted by molar-refractivity contribution is -0.124. The summed E-state index contributed by atoms with van der Waals surface area (Å²) in [6.07, 6.45) is 6.34. The van der Waals surface area contributed by atoms with Crippen LogP contribution >= 0.6 is 0 Å². The summed E-state index contributed by atoms with van der Waals surface area (Å²) in [6.45, 7) is 1.24. The molecule has 2 fully saturated rings. The maximum absolute atomic E-state index is 12.6. The number of nitrogens with zero attached hydrogens (tertiary/aromatic N) is 3. The average Bonchev–Trinajstić information content (AvgIpc) is 3.22. The van der Waals surface area contributed by atoms with E-state index in [4.69, 9.17) is 0 Å². The molecule has 3 N–H and O–H groups in total. The minimum atomic E-state index is -0.190. The predicted octanol–water partition coefficient (Wildman–Crippen LogP) is -1.08. The second-order valence-electron chi connectivity index (χ2n) is 5.57. The summed E-state index contributed by atoms with van der Waals surface area (Å²) in [5.74, 6) is -0.327. The van der Waals surface area contributed by atoms with Gasteiger partial charge in [-0.25, -0.2) is 4.98 Å². The number of hydrazine groups is 1. The number of nitrogens with one attached hydrogen (secondary N) is 3. The molecule has 1 aromatic rings. The number of carbonyl (C=O) groups is 2. The van der Waals surface area contributed by atoms with Crippen LogP contribution in [0, 0.1) is 5.92 Å². The van der Waals surface area contributed by atoms with Gasteiger partial charge in [-0.15, -0.1) is 0 Å². The van der Waals surface area contributed by atoms with Gasteiger partial charge in [-0.3, -0.25) is 25.4 Å². The molecule has 22 heavy (non-hydrogen) atoms. The molecule has 118 valence electrons. The third-order valence-corrected chi connectivity index (χ3v) is 4.36. The smallest absolute Gasteiger partial charge is 0.274 e. The molecular formula is C14H20N6O2. The normalized spacial score (nSPS) is 27.9. The van der Waals surface area contributed by atoms with E-state index in [1.54, 1.807) is 13.2 Å². The predicted molar refractivity (Wildman–Crippen MR) is 78.6 cm³/mol. The van der Waals surface area contributed by atoms with Gasteiger partial charge in [0.05, 0.1) is 18.2 Å². The van der Waals surface area contributed by atoms with Crippen molar-refractivity contribution in [1.29, 1.82) is 0 Å². The Bertz CT molecular complexity index is 552. The first-order valence-electron chi connectivity index (χ1n) is 7.49. The van der Waals surface area contributed by atoms with Crippen molar-refractivity contribution in [2.24, 2.45) is 5.92 Å². The molecule has 0 saturated carbocycles. The molecule has 8 heteroatoms. The van der Waals surface area contributed by atoms with E-state index in [-0.39, 0.29) is 29.8 Å². The van der Waals surface area contributed by atoms with E-state index in [2.05, 4.69) is 26.1 Å². The lowest BCUT2D eigenvalue weighted by atomic mass is 9.92. The minimum Gasteiger partial charge on any atom is -0.359 e. The Morgan fingerprint density at radius 1 is 1.41 bits per heavy atom. The number of hydrogen-bond donors (Lipinski definition) is 3. The molecule has 3 rings (SSSR count). The van der Waals surface area contributed by atoms with Crippen molar-refractivity contribution in [2.75, 3.05) is 20.1 Å². The summed E-state index contributed by atoms with van der Waals surface area (Å²) in [5, 5.41) is 2.69. The highest BCUT2D eigenvalue weighted by Gasteiger charge is 2.43. The van der Waals surface area contributed by atoms with Gasteiger partial charge in [-0.1, -0.05) is 0 Å². The highest BCUT2D eigenvalue weighted by atomic mass is 16.2. The zero-order valence-electron chi connectivity index (χ0n) is 12.5. The maximum Gasteiger partial charge on any atom is 0.274 e. The molecule has 3 atom stereocenters. The van der Waals surface area contributed by atoms with Gasteiger partial charge in [0, 0.05) is 38.6 Å². The van der Waals surface area contributed by atoms with Crippen molar-refractivity contribution in [3.05, 3.63) is 24.3 Å². The summed E-state index contributed by atoms with van der Waals surface area (Å²) in [4.78, 5) is 34.5. The van der Waals surface area contributed by atoms with Crippen LogP contribution in [-0.4, -0.2) is 58.9 Å². The van der Waals surface area contributed by atoms with Crippen molar-refractivity contribution >= 4 is 11.8 Å². The molecule has 1 aromatic heterocycles. The Balaban J connectivity index is 1.78. The quantitative estimate of drug-likeness (QED) is 0.657. The second-order valence-corrected chi connectivity index (χ2v) is 5.57. The van der Waals surface area contributed by atoms with Crippen molar-refractivity contribution in [3.63, 3.8) is 0 Å². The first kappa shape index (κ1) is 14.9. The van der Waals surface area contributed by atoms with E-state index >= 15 is 0 Å². The van der Waals surface area contributed by atoms with Gasteiger partial charge in [-0.2, -0.15) is 0 Å². The zero-order valence-corrected chi connectivity index (χ0v) is 12.5. The Morgan fingerprint density at radius 3 is 3.00 bits per heavy atom. The molecule has 0 radical (unpaired) electrons. The standard InChI is InChI=1S/C14H20N6O2/c1-15-13(21)9-7-18-19-12(9)11-3-2-6-20(11)14(22)10-8-16-4-5-17-10/h4-5,8-9,11-12,18-19H,2-3,6-7H2,1H3,(H,15,21). The van der Waals surface area contributed by atoms with Crippen molar-refractivity contribution < 1.29 is 9.59 Å². The first-order valence-corrected chi connectivity index (χ1v) is 7.49. The summed E-state index contributed by atoms with van der Waals surface area (Å²) in [6, 6.07) is -0.116. The largest absolute Gasteiger partial charge is 0.359 e. The van der Waals surface area contributed by atoms with Crippen LogP contribution in [0.2, 0.25) is 0 Å². The van der Waals surface area contributed by atoms with Gasteiger partial charge in [0.1, 0.15) is 5.69 Å². The van der Waals surface area contributed by atoms with Crippen LogP contribution in [0.1, 0.15) is 23.3 Å². The van der Waals surface area contributed by atoms with Gasteiger partial charge in [0.25, 0.3) is 5.91 Å². The molecule has 0 spiro atoms. The summed E-state index contributed by atoms with van der Waals surface area (Å²) in [5.41, 5.74) is 6.54. The molecule has 3 heterocycles. The number of likely N-dealkylation sites (tertiary alicyclic amines) is 1. The zero-order chi connectivity index (χ0) is 15.5. The number of aromatic nitrogens is 2. The van der Waals surface area contributed by atoms with Gasteiger partial charge < -0.3 is 10.2 Å². The summed E-state index contributed by atoms with van der Waals surface area (Å²) in [7, 11) is 1.63. The Hall–Kier alpha value is -2.06. The van der Waals surface area contributed by atoms with E-state index < -0.39 is 0 Å². The third-order valence-electron chi connectivity index (χ3n) is 4.36. The lowest BCUT2D eigenvalue weighted by Gasteiger charge is -2.31. The van der Waals surface area contributed by atoms with Gasteiger partial charge in [-0.05, 0) is 12.8 Å². The van der Waals surface area contributed by atoms with E-state index in [0.29, 0.717) is 18.8 Å². The topological polar surface area (TPSA) is 99.2 Å². The molecule has 0 aliphatic carbocycles. The van der Waals surface area contributed by atoms with Crippen molar-refractivity contribution in [1.82, 2.24) is 31.0 Å². The second kappa shape index (κ2) is 6.37. The molecular weight excluding hydrogens is 284 g/mol. The van der Waals surface area contributed by atoms with E-state index in [1.807, 2.05) is 4.90 Å². The molecule has 0 aromatic carbocycles. The van der Waals surface area contributed by atoms with Crippen LogP contribution in [0.5, 0.6) is 0 Å². The fourth-order valence-electron chi connectivity index (χ4n) is 3.29. The molecule has 2 aliphatic rings. The van der Waals surface area contributed by atoms with E-state index in [1.165, 1.54) is 12.4 Å². The maximum atomic E-state index is 12.6. The molecule has 3 unspecified atom stereocenters. The molecule has 8 nitrogen and oxygen atoms in total. The van der Waals surface area contributed by atoms with Crippen LogP contribution in [0.15, 0.2) is 18.6 Å². The fraction of sp³-hybridized carbons (Fsp3) is 0.571. The highest BCUT2D eigenvalue weighted by molar-refractivity contribution is 5.92. The summed E-state index contributed by atoms with van der Waals surface area (Å²) >= 11 is 0. The number of carbonyl (C=O) groups excluding carboxylic acids is 2. The Morgan fingerprint density at radius 2 is 2.27 bits per heavy atom. The number of amides is 2. The average molecular weight is 304 g/mol. The third kappa shape index (κ3) is 2.67. The van der Waals surface area contributed by atoms with Gasteiger partial charge >= 0.3 is 0 Å². The first-order chi connectivity index (χ1) is 10.7. The Kier molecular flexibility index (Phi) is 4.30. The summed E-state index contributed by atoms with van der Waals surface area (Å²) < 4.78 is 0. The van der Waals surface area contributed by atoms with Gasteiger partial charge in [0.15, 0.2) is 0 Å².